The van der Waals surface area contributed by atoms with Crippen LogP contribution in [-0.4, -0.2) is 35.6 Å². The van der Waals surface area contributed by atoms with Crippen molar-refractivity contribution in [1.29, 1.82) is 0 Å². The molecule has 5 heteroatoms. The Morgan fingerprint density at radius 1 is 1.39 bits per heavy atom. The third-order valence-electron chi connectivity index (χ3n) is 4.54. The zero-order valence-corrected chi connectivity index (χ0v) is 11.6. The van der Waals surface area contributed by atoms with E-state index in [9.17, 15) is 0 Å². The van der Waals surface area contributed by atoms with Crippen LogP contribution in [0.2, 0.25) is 5.15 Å². The largest absolute Gasteiger partial charge is 0.488 e. The van der Waals surface area contributed by atoms with E-state index >= 15 is 0 Å². The van der Waals surface area contributed by atoms with Crippen LogP contribution in [0.5, 0.6) is 5.75 Å². The van der Waals surface area contributed by atoms with E-state index in [2.05, 4.69) is 9.88 Å². The third-order valence-corrected chi connectivity index (χ3v) is 4.75. The summed E-state index contributed by atoms with van der Waals surface area (Å²) >= 11 is 5.97. The van der Waals surface area contributed by atoms with Crippen molar-refractivity contribution in [3.63, 3.8) is 0 Å². The number of pyridine rings is 1. The molecule has 98 valence electrons. The molecule has 0 aliphatic carbocycles. The second-order valence-electron chi connectivity index (χ2n) is 5.54. The van der Waals surface area contributed by atoms with Crippen LogP contribution in [0.3, 0.4) is 0 Å². The first kappa shape index (κ1) is 12.5. The number of piperidine rings is 1. The Morgan fingerprint density at radius 2 is 2.28 bits per heavy atom. The van der Waals surface area contributed by atoms with Crippen molar-refractivity contribution in [3.05, 3.63) is 23.0 Å². The van der Waals surface area contributed by atoms with Gasteiger partial charge in [-0.05, 0) is 31.5 Å². The minimum absolute atomic E-state index is 0. The molecule has 1 spiro atoms. The maximum atomic E-state index is 6.16. The van der Waals surface area contributed by atoms with Gasteiger partial charge in [-0.15, -0.1) is 12.4 Å². The molecule has 0 amide bonds. The summed E-state index contributed by atoms with van der Waals surface area (Å²) < 4.78 is 6.16. The Labute approximate surface area is 118 Å². The number of nitrogens with zero attached hydrogens (tertiary/aromatic N) is 2. The molecule has 3 nitrogen and oxygen atoms in total. The Kier molecular flexibility index (Phi) is 2.96. The van der Waals surface area contributed by atoms with Gasteiger partial charge in [-0.2, -0.15) is 0 Å². The number of aromatic nitrogens is 1. The summed E-state index contributed by atoms with van der Waals surface area (Å²) in [6.45, 7) is 3.57. The predicted octanol–water partition coefficient (Wildman–Crippen LogP) is 2.56. The first-order valence-electron chi connectivity index (χ1n) is 6.30. The smallest absolute Gasteiger partial charge is 0.141 e. The molecule has 0 saturated carbocycles. The van der Waals surface area contributed by atoms with Gasteiger partial charge in [-0.25, -0.2) is 4.98 Å². The van der Waals surface area contributed by atoms with Crippen LogP contribution in [-0.2, 0) is 6.42 Å². The van der Waals surface area contributed by atoms with Gasteiger partial charge < -0.3 is 9.64 Å². The molecule has 2 unspecified atom stereocenters. The van der Waals surface area contributed by atoms with E-state index in [1.54, 1.807) is 0 Å². The van der Waals surface area contributed by atoms with Crippen LogP contribution in [0.4, 0.5) is 0 Å². The fraction of sp³-hybridized carbons (Fsp3) is 0.615. The van der Waals surface area contributed by atoms with E-state index in [1.807, 2.05) is 12.1 Å². The van der Waals surface area contributed by atoms with Crippen LogP contribution in [0.25, 0.3) is 0 Å². The van der Waals surface area contributed by atoms with E-state index in [0.717, 1.165) is 24.3 Å². The molecule has 3 aliphatic rings. The van der Waals surface area contributed by atoms with Crippen LogP contribution >= 0.6 is 24.0 Å². The second-order valence-corrected chi connectivity index (χ2v) is 5.93. The summed E-state index contributed by atoms with van der Waals surface area (Å²) in [5.41, 5.74) is 1.36. The maximum absolute atomic E-state index is 6.16. The number of halogens is 2. The zero-order valence-electron chi connectivity index (χ0n) is 10.1. The predicted molar refractivity (Wildman–Crippen MR) is 72.7 cm³/mol. The van der Waals surface area contributed by atoms with E-state index < -0.39 is 0 Å². The normalized spacial score (nSPS) is 36.1. The summed E-state index contributed by atoms with van der Waals surface area (Å²) in [7, 11) is 0. The topological polar surface area (TPSA) is 25.4 Å². The summed E-state index contributed by atoms with van der Waals surface area (Å²) in [5, 5.41) is 0.577. The first-order valence-corrected chi connectivity index (χ1v) is 6.67. The molecule has 3 atom stereocenters. The highest BCUT2D eigenvalue weighted by Gasteiger charge is 2.51. The van der Waals surface area contributed by atoms with E-state index in [0.29, 0.717) is 16.7 Å². The van der Waals surface area contributed by atoms with Crippen LogP contribution < -0.4 is 4.74 Å². The molecule has 4 heterocycles. The van der Waals surface area contributed by atoms with Gasteiger partial charge in [-0.3, -0.25) is 0 Å². The highest BCUT2D eigenvalue weighted by molar-refractivity contribution is 6.29. The van der Waals surface area contributed by atoms with Crippen molar-refractivity contribution >= 4 is 24.0 Å². The molecule has 1 aromatic rings. The maximum Gasteiger partial charge on any atom is 0.141 e. The first-order chi connectivity index (χ1) is 8.25. The lowest BCUT2D eigenvalue weighted by atomic mass is 9.73. The van der Waals surface area contributed by atoms with Gasteiger partial charge in [0.05, 0.1) is 5.69 Å². The van der Waals surface area contributed by atoms with Crippen molar-refractivity contribution in [3.8, 4) is 5.75 Å². The fourth-order valence-electron chi connectivity index (χ4n) is 3.67. The second kappa shape index (κ2) is 4.26. The van der Waals surface area contributed by atoms with Gasteiger partial charge in [0.2, 0.25) is 0 Å². The molecule has 1 aromatic heterocycles. The van der Waals surface area contributed by atoms with Crippen LogP contribution in [0.15, 0.2) is 12.1 Å². The monoisotopic (exact) mass is 286 g/mol. The van der Waals surface area contributed by atoms with Crippen molar-refractivity contribution in [2.45, 2.75) is 25.4 Å². The summed E-state index contributed by atoms with van der Waals surface area (Å²) in [4.78, 5) is 6.99. The minimum Gasteiger partial charge on any atom is -0.488 e. The zero-order chi connectivity index (χ0) is 11.5. The van der Waals surface area contributed by atoms with Gasteiger partial charge >= 0.3 is 0 Å². The Balaban J connectivity index is 0.000001000. The highest BCUT2D eigenvalue weighted by atomic mass is 35.5. The lowest BCUT2D eigenvalue weighted by molar-refractivity contribution is -0.00191. The number of rotatable bonds is 0. The molecule has 2 bridgehead atoms. The summed E-state index contributed by atoms with van der Waals surface area (Å²) in [6.07, 6.45) is 3.81. The number of ether oxygens (including phenoxy) is 1. The molecule has 2 fully saturated rings. The summed E-state index contributed by atoms with van der Waals surface area (Å²) in [6, 6.07) is 3.79. The van der Waals surface area contributed by atoms with Crippen molar-refractivity contribution in [1.82, 2.24) is 9.88 Å². The highest BCUT2D eigenvalue weighted by Crippen LogP contribution is 2.48. The van der Waals surface area contributed by atoms with Crippen LogP contribution in [0, 0.1) is 5.41 Å². The van der Waals surface area contributed by atoms with Crippen molar-refractivity contribution in [2.75, 3.05) is 19.6 Å². The average molecular weight is 287 g/mol. The Bertz CT molecular complexity index is 482. The molecule has 2 saturated heterocycles. The van der Waals surface area contributed by atoms with Gasteiger partial charge in [0.25, 0.3) is 0 Å². The van der Waals surface area contributed by atoms with E-state index in [4.69, 9.17) is 16.3 Å². The van der Waals surface area contributed by atoms with E-state index in [-0.39, 0.29) is 12.4 Å². The lowest BCUT2D eigenvalue weighted by Gasteiger charge is -2.44. The molecular formula is C13H16Cl2N2O. The molecular weight excluding hydrogens is 271 g/mol. The quantitative estimate of drug-likeness (QED) is 0.686. The van der Waals surface area contributed by atoms with Crippen LogP contribution in [0.1, 0.15) is 18.5 Å². The lowest BCUT2D eigenvalue weighted by Crippen LogP contribution is -2.50. The molecule has 0 radical (unpaired) electrons. The third kappa shape index (κ3) is 1.72. The number of hydrogen-bond donors (Lipinski definition) is 0. The Morgan fingerprint density at radius 3 is 3.17 bits per heavy atom. The van der Waals surface area contributed by atoms with Crippen molar-refractivity contribution in [2.24, 2.45) is 5.41 Å². The Hall–Kier alpha value is -0.510. The van der Waals surface area contributed by atoms with Gasteiger partial charge in [0.1, 0.15) is 17.0 Å². The standard InChI is InChI=1S/C13H15ClN2O.ClH/c14-12-2-1-10-9(15-12)7-13-4-6-16(8-13)5-3-11(13)17-10;/h1-2,11H,3-8H2;1H/t11?,13-;/m1./s1. The summed E-state index contributed by atoms with van der Waals surface area (Å²) in [5.74, 6) is 0.949. The molecule has 3 aliphatic heterocycles. The van der Waals surface area contributed by atoms with Gasteiger partial charge in [0.15, 0.2) is 0 Å². The SMILES string of the molecule is Cl.Clc1ccc2c(n1)C[C@@]13CCN(CCC1O2)C3. The molecule has 0 N–H and O–H groups in total. The average Bonchev–Trinajstić information content (AvgIpc) is 2.64. The molecule has 4 rings (SSSR count). The van der Waals surface area contributed by atoms with E-state index in [1.165, 1.54) is 26.1 Å². The van der Waals surface area contributed by atoms with Gasteiger partial charge in [-0.1, -0.05) is 11.6 Å². The van der Waals surface area contributed by atoms with Gasteiger partial charge in [0, 0.05) is 24.9 Å². The van der Waals surface area contributed by atoms with Crippen molar-refractivity contribution < 1.29 is 4.74 Å². The molecule has 18 heavy (non-hydrogen) atoms. The number of hydrogen-bond acceptors (Lipinski definition) is 3. The minimum atomic E-state index is 0. The molecule has 0 aromatic carbocycles. The fourth-order valence-corrected chi connectivity index (χ4v) is 3.83. The number of fused-ring (bicyclic) bond motifs is 2.